The van der Waals surface area contributed by atoms with E-state index in [1.165, 1.54) is 23.0 Å². The topological polar surface area (TPSA) is 26.3 Å². The van der Waals surface area contributed by atoms with Crippen molar-refractivity contribution in [3.63, 3.8) is 0 Å². The third kappa shape index (κ3) is 4.24. The Kier molecular flexibility index (Phi) is 6.44. The van der Waals surface area contributed by atoms with Crippen LogP contribution in [0.2, 0.25) is 0 Å². The van der Waals surface area contributed by atoms with Crippen LogP contribution in [0.25, 0.3) is 11.1 Å². The summed E-state index contributed by atoms with van der Waals surface area (Å²) in [4.78, 5) is 12.5. The first-order valence-electron chi connectivity index (χ1n) is 11.4. The van der Waals surface area contributed by atoms with Gasteiger partial charge in [0, 0.05) is 5.56 Å². The minimum Gasteiger partial charge on any atom is -0.465 e. The summed E-state index contributed by atoms with van der Waals surface area (Å²) in [6.45, 7) is 0. The number of carbonyl (C=O) groups excluding carboxylic acids is 1. The van der Waals surface area contributed by atoms with Crippen LogP contribution in [0.4, 0.5) is 0 Å². The van der Waals surface area contributed by atoms with Gasteiger partial charge in [0.05, 0.1) is 18.3 Å². The van der Waals surface area contributed by atoms with Gasteiger partial charge in [-0.2, -0.15) is 0 Å². The molecule has 0 amide bonds. The molecule has 168 valence electrons. The SMILES string of the molecule is COC(=O)c1cc(C#C[P+](c2ccccc2)(c2ccccc2)c2ccccc2)c2cccccc1-2. The second-order valence-corrected chi connectivity index (χ2v) is 11.2. The van der Waals surface area contributed by atoms with Crippen LogP contribution in [-0.2, 0) is 4.74 Å². The highest BCUT2D eigenvalue weighted by atomic mass is 31.2. The van der Waals surface area contributed by atoms with Crippen molar-refractivity contribution in [1.82, 2.24) is 0 Å². The molecule has 0 atom stereocenters. The van der Waals surface area contributed by atoms with E-state index in [2.05, 4.69) is 84.4 Å². The summed E-state index contributed by atoms with van der Waals surface area (Å²) in [5.74, 6) is 3.17. The monoisotopic (exact) mass is 471 g/mol. The second-order valence-electron chi connectivity index (χ2n) is 8.12. The summed E-state index contributed by atoms with van der Waals surface area (Å²) in [6.07, 6.45) is 0. The Hall–Kier alpha value is -4.18. The maximum absolute atomic E-state index is 12.5. The third-order valence-electron chi connectivity index (χ3n) is 6.10. The van der Waals surface area contributed by atoms with Crippen LogP contribution in [0.3, 0.4) is 0 Å². The Morgan fingerprint density at radius 2 is 1.06 bits per heavy atom. The second kappa shape index (κ2) is 9.98. The van der Waals surface area contributed by atoms with E-state index in [1.54, 1.807) is 0 Å². The van der Waals surface area contributed by atoms with Crippen molar-refractivity contribution in [1.29, 1.82) is 0 Å². The Labute approximate surface area is 206 Å². The van der Waals surface area contributed by atoms with E-state index in [0.717, 1.165) is 16.7 Å². The molecule has 0 bridgehead atoms. The quantitative estimate of drug-likeness (QED) is 0.186. The van der Waals surface area contributed by atoms with Crippen molar-refractivity contribution in [3.05, 3.63) is 139 Å². The number of hydrogen-bond donors (Lipinski definition) is 0. The van der Waals surface area contributed by atoms with Crippen molar-refractivity contribution in [2.45, 2.75) is 0 Å². The first-order chi connectivity index (χ1) is 17.2. The lowest BCUT2D eigenvalue weighted by molar-refractivity contribution is 0.0602. The molecule has 0 unspecified atom stereocenters. The van der Waals surface area contributed by atoms with Gasteiger partial charge >= 0.3 is 5.97 Å². The molecule has 0 spiro atoms. The molecule has 0 aromatic heterocycles. The highest BCUT2D eigenvalue weighted by molar-refractivity contribution is 7.99. The zero-order valence-corrected chi connectivity index (χ0v) is 20.3. The number of carbonyl (C=O) groups is 1. The van der Waals surface area contributed by atoms with E-state index in [0.29, 0.717) is 5.56 Å². The molecular formula is C32H24O2P+. The molecule has 5 rings (SSSR count). The largest absolute Gasteiger partial charge is 0.465 e. The van der Waals surface area contributed by atoms with Gasteiger partial charge in [0.2, 0.25) is 0 Å². The molecule has 0 saturated carbocycles. The van der Waals surface area contributed by atoms with E-state index in [-0.39, 0.29) is 5.97 Å². The van der Waals surface area contributed by atoms with Crippen LogP contribution in [0.5, 0.6) is 0 Å². The summed E-state index contributed by atoms with van der Waals surface area (Å²) in [6, 6.07) is 43.3. The van der Waals surface area contributed by atoms with Crippen molar-refractivity contribution in [2.24, 2.45) is 0 Å². The van der Waals surface area contributed by atoms with Gasteiger partial charge in [0.25, 0.3) is 0 Å². The highest BCUT2D eigenvalue weighted by Crippen LogP contribution is 2.54. The maximum Gasteiger partial charge on any atom is 0.338 e. The average Bonchev–Trinajstić information content (AvgIpc) is 3.09. The van der Waals surface area contributed by atoms with Gasteiger partial charge in [-0.25, -0.2) is 4.79 Å². The molecule has 2 nitrogen and oxygen atoms in total. The Morgan fingerprint density at radius 1 is 0.629 bits per heavy atom. The number of ether oxygens (including phenoxy) is 1. The first-order valence-corrected chi connectivity index (χ1v) is 13.2. The number of fused-ring (bicyclic) bond motifs is 1. The van der Waals surface area contributed by atoms with Gasteiger partial charge in [-0.3, -0.25) is 0 Å². The summed E-state index contributed by atoms with van der Waals surface area (Å²) in [5.41, 5.74) is 6.92. The normalized spacial score (nSPS) is 10.9. The van der Waals surface area contributed by atoms with E-state index in [9.17, 15) is 4.79 Å². The smallest absolute Gasteiger partial charge is 0.338 e. The number of rotatable bonds is 4. The maximum atomic E-state index is 12.5. The van der Waals surface area contributed by atoms with Gasteiger partial charge < -0.3 is 4.74 Å². The van der Waals surface area contributed by atoms with Crippen molar-refractivity contribution >= 4 is 29.1 Å². The molecule has 2 aliphatic rings. The molecule has 3 aromatic carbocycles. The van der Waals surface area contributed by atoms with Gasteiger partial charge in [0.1, 0.15) is 15.9 Å². The third-order valence-corrected chi connectivity index (χ3v) is 9.77. The number of benzene rings is 3. The van der Waals surface area contributed by atoms with Crippen LogP contribution in [-0.4, -0.2) is 13.1 Å². The Bertz CT molecular complexity index is 1390. The molecule has 0 aliphatic heterocycles. The van der Waals surface area contributed by atoms with Crippen molar-refractivity contribution in [3.8, 4) is 22.7 Å². The predicted octanol–water partition coefficient (Wildman–Crippen LogP) is 5.88. The van der Waals surface area contributed by atoms with E-state index in [1.807, 2.05) is 54.6 Å². The highest BCUT2D eigenvalue weighted by Gasteiger charge is 2.44. The van der Waals surface area contributed by atoms with Crippen molar-refractivity contribution in [2.75, 3.05) is 7.11 Å². The lowest BCUT2D eigenvalue weighted by Gasteiger charge is -2.21. The zero-order chi connectivity index (χ0) is 24.1. The summed E-state index contributed by atoms with van der Waals surface area (Å²) < 4.78 is 5.06. The summed E-state index contributed by atoms with van der Waals surface area (Å²) >= 11 is 0. The van der Waals surface area contributed by atoms with Gasteiger partial charge in [-0.05, 0) is 59.5 Å². The predicted molar refractivity (Wildman–Crippen MR) is 146 cm³/mol. The lowest BCUT2D eigenvalue weighted by atomic mass is 10.1. The lowest BCUT2D eigenvalue weighted by Crippen LogP contribution is -2.29. The van der Waals surface area contributed by atoms with E-state index >= 15 is 0 Å². The van der Waals surface area contributed by atoms with Gasteiger partial charge in [0.15, 0.2) is 7.26 Å². The molecule has 2 aliphatic carbocycles. The minimum atomic E-state index is -2.31. The number of esters is 1. The van der Waals surface area contributed by atoms with Gasteiger partial charge in [-0.15, -0.1) is 0 Å². The molecule has 0 fully saturated rings. The zero-order valence-electron chi connectivity index (χ0n) is 19.4. The van der Waals surface area contributed by atoms with Gasteiger partial charge in [-0.1, -0.05) is 84.9 Å². The Balaban J connectivity index is 1.81. The average molecular weight is 472 g/mol. The molecule has 3 aromatic rings. The molecule has 0 N–H and O–H groups in total. The molecular weight excluding hydrogens is 447 g/mol. The van der Waals surface area contributed by atoms with Crippen molar-refractivity contribution < 1.29 is 9.53 Å². The molecule has 0 radical (unpaired) electrons. The fraction of sp³-hybridized carbons (Fsp3) is 0.0312. The van der Waals surface area contributed by atoms with Crippen LogP contribution in [0.15, 0.2) is 127 Å². The minimum absolute atomic E-state index is 0.357. The fourth-order valence-corrected chi connectivity index (χ4v) is 7.87. The molecule has 0 saturated heterocycles. The van der Waals surface area contributed by atoms with Crippen LogP contribution in [0, 0.1) is 11.6 Å². The van der Waals surface area contributed by atoms with E-state index in [4.69, 9.17) is 4.74 Å². The number of hydrogen-bond acceptors (Lipinski definition) is 2. The molecule has 3 heteroatoms. The molecule has 0 heterocycles. The first kappa shape index (κ1) is 22.6. The standard InChI is InChI=1S/C32H24O2P/c1-34-32(33)31-24-25(29-20-12-5-13-21-30(29)31)22-23-35(26-14-6-2-7-15-26,27-16-8-3-9-17-27)28-18-10-4-11-19-28/h2-21,24H,1H3/q+1. The van der Waals surface area contributed by atoms with Crippen LogP contribution < -0.4 is 15.9 Å². The summed E-state index contributed by atoms with van der Waals surface area (Å²) in [5, 5.41) is 3.58. The fourth-order valence-electron chi connectivity index (χ4n) is 4.44. The number of methoxy groups -OCH3 is 1. The van der Waals surface area contributed by atoms with Crippen LogP contribution >= 0.6 is 7.26 Å². The Morgan fingerprint density at radius 3 is 1.51 bits per heavy atom. The molecule has 35 heavy (non-hydrogen) atoms. The van der Waals surface area contributed by atoms with E-state index < -0.39 is 7.26 Å². The summed E-state index contributed by atoms with van der Waals surface area (Å²) in [7, 11) is -0.905. The van der Waals surface area contributed by atoms with Crippen LogP contribution in [0.1, 0.15) is 15.9 Å².